The molecule has 1 heteroatoms. The minimum Gasteiger partial charge on any atom is -0.396 e. The minimum absolute atomic E-state index is 0.376. The maximum Gasteiger partial charge on any atom is 0.0433 e. The number of aliphatic hydroxyl groups is 1. The van der Waals surface area contributed by atoms with Crippen molar-refractivity contribution < 1.29 is 5.11 Å². The molecule has 1 rings (SSSR count). The summed E-state index contributed by atoms with van der Waals surface area (Å²) in [6.45, 7) is 4.96. The van der Waals surface area contributed by atoms with Crippen LogP contribution in [0.3, 0.4) is 0 Å². The highest BCUT2D eigenvalue weighted by Crippen LogP contribution is 2.45. The Hall–Kier alpha value is -0.0400. The maximum absolute atomic E-state index is 8.57. The molecule has 0 atom stereocenters. The molecular weight excluding hydrogens is 112 g/mol. The summed E-state index contributed by atoms with van der Waals surface area (Å²) in [5.74, 6) is 0.824. The van der Waals surface area contributed by atoms with Gasteiger partial charge in [-0.15, -0.1) is 0 Å². The van der Waals surface area contributed by atoms with Crippen molar-refractivity contribution in [2.45, 2.75) is 33.1 Å². The SMILES string of the molecule is CC1(C)CC(CCO)C1. The Morgan fingerprint density at radius 2 is 2.00 bits per heavy atom. The zero-order valence-electron chi connectivity index (χ0n) is 6.35. The lowest BCUT2D eigenvalue weighted by Crippen LogP contribution is -2.31. The molecule has 0 spiro atoms. The topological polar surface area (TPSA) is 20.2 Å². The Balaban J connectivity index is 2.12. The Bertz CT molecular complexity index is 88.7. The molecule has 0 saturated heterocycles. The fraction of sp³-hybridized carbons (Fsp3) is 1.00. The van der Waals surface area contributed by atoms with Gasteiger partial charge in [0.25, 0.3) is 0 Å². The Kier molecular flexibility index (Phi) is 1.80. The van der Waals surface area contributed by atoms with Crippen molar-refractivity contribution in [3.8, 4) is 0 Å². The summed E-state index contributed by atoms with van der Waals surface area (Å²) in [6, 6.07) is 0. The van der Waals surface area contributed by atoms with Crippen LogP contribution in [0.1, 0.15) is 33.1 Å². The van der Waals surface area contributed by atoms with Crippen molar-refractivity contribution in [2.24, 2.45) is 11.3 Å². The van der Waals surface area contributed by atoms with E-state index >= 15 is 0 Å². The molecule has 0 bridgehead atoms. The summed E-state index contributed by atoms with van der Waals surface area (Å²) in [6.07, 6.45) is 3.64. The van der Waals surface area contributed by atoms with Crippen molar-refractivity contribution in [1.29, 1.82) is 0 Å². The lowest BCUT2D eigenvalue weighted by molar-refractivity contribution is 0.0738. The lowest BCUT2D eigenvalue weighted by Gasteiger charge is -2.42. The molecule has 0 aliphatic heterocycles. The molecule has 0 heterocycles. The summed E-state index contributed by atoms with van der Waals surface area (Å²) in [4.78, 5) is 0. The second-order valence-corrected chi connectivity index (χ2v) is 3.95. The molecule has 1 N–H and O–H groups in total. The molecule has 1 fully saturated rings. The maximum atomic E-state index is 8.57. The highest BCUT2D eigenvalue weighted by Gasteiger charge is 2.34. The molecule has 0 aromatic rings. The van der Waals surface area contributed by atoms with Gasteiger partial charge in [-0.25, -0.2) is 0 Å². The first kappa shape index (κ1) is 7.07. The first-order valence-corrected chi connectivity index (χ1v) is 3.75. The van der Waals surface area contributed by atoms with Gasteiger partial charge in [0.1, 0.15) is 0 Å². The van der Waals surface area contributed by atoms with Crippen LogP contribution < -0.4 is 0 Å². The van der Waals surface area contributed by atoms with Crippen molar-refractivity contribution in [3.63, 3.8) is 0 Å². The van der Waals surface area contributed by atoms with E-state index in [4.69, 9.17) is 5.11 Å². The number of hydrogen-bond acceptors (Lipinski definition) is 1. The molecule has 0 radical (unpaired) electrons. The summed E-state index contributed by atoms with van der Waals surface area (Å²) < 4.78 is 0. The van der Waals surface area contributed by atoms with Crippen LogP contribution in [-0.2, 0) is 0 Å². The molecule has 1 aliphatic rings. The summed E-state index contributed by atoms with van der Waals surface area (Å²) >= 11 is 0. The molecule has 1 aliphatic carbocycles. The van der Waals surface area contributed by atoms with Gasteiger partial charge >= 0.3 is 0 Å². The zero-order chi connectivity index (χ0) is 6.91. The third-order valence-electron chi connectivity index (χ3n) is 2.22. The molecular formula is C8H16O. The third kappa shape index (κ3) is 1.68. The number of hydrogen-bond donors (Lipinski definition) is 1. The van der Waals surface area contributed by atoms with E-state index < -0.39 is 0 Å². The van der Waals surface area contributed by atoms with E-state index in [0.717, 1.165) is 12.3 Å². The normalized spacial score (nSPS) is 25.7. The summed E-state index contributed by atoms with van der Waals surface area (Å²) in [7, 11) is 0. The highest BCUT2D eigenvalue weighted by atomic mass is 16.3. The molecule has 9 heavy (non-hydrogen) atoms. The quantitative estimate of drug-likeness (QED) is 0.601. The molecule has 54 valence electrons. The Morgan fingerprint density at radius 3 is 2.33 bits per heavy atom. The van der Waals surface area contributed by atoms with E-state index in [2.05, 4.69) is 13.8 Å². The van der Waals surface area contributed by atoms with Gasteiger partial charge in [-0.05, 0) is 30.6 Å². The van der Waals surface area contributed by atoms with E-state index in [1.807, 2.05) is 0 Å². The molecule has 1 saturated carbocycles. The van der Waals surface area contributed by atoms with Crippen molar-refractivity contribution in [2.75, 3.05) is 6.61 Å². The van der Waals surface area contributed by atoms with Crippen LogP contribution in [0.15, 0.2) is 0 Å². The fourth-order valence-electron chi connectivity index (χ4n) is 1.89. The minimum atomic E-state index is 0.376. The molecule has 0 aromatic heterocycles. The van der Waals surface area contributed by atoms with E-state index in [1.165, 1.54) is 12.8 Å². The zero-order valence-corrected chi connectivity index (χ0v) is 6.35. The van der Waals surface area contributed by atoms with E-state index in [-0.39, 0.29) is 0 Å². The van der Waals surface area contributed by atoms with Crippen LogP contribution in [-0.4, -0.2) is 11.7 Å². The van der Waals surface area contributed by atoms with Gasteiger partial charge in [0.2, 0.25) is 0 Å². The monoisotopic (exact) mass is 128 g/mol. The van der Waals surface area contributed by atoms with Gasteiger partial charge in [-0.1, -0.05) is 13.8 Å². The predicted molar refractivity (Wildman–Crippen MR) is 38.2 cm³/mol. The third-order valence-corrected chi connectivity index (χ3v) is 2.22. The molecule has 1 nitrogen and oxygen atoms in total. The first-order valence-electron chi connectivity index (χ1n) is 3.75. The van der Waals surface area contributed by atoms with Gasteiger partial charge in [-0.2, -0.15) is 0 Å². The highest BCUT2D eigenvalue weighted by molar-refractivity contribution is 4.86. The van der Waals surface area contributed by atoms with Gasteiger partial charge in [0.15, 0.2) is 0 Å². The largest absolute Gasteiger partial charge is 0.396 e. The van der Waals surface area contributed by atoms with Crippen molar-refractivity contribution in [1.82, 2.24) is 0 Å². The van der Waals surface area contributed by atoms with Crippen LogP contribution >= 0.6 is 0 Å². The number of aliphatic hydroxyl groups excluding tert-OH is 1. The van der Waals surface area contributed by atoms with Crippen LogP contribution in [0.2, 0.25) is 0 Å². The first-order chi connectivity index (χ1) is 4.14. The van der Waals surface area contributed by atoms with Crippen LogP contribution in [0.4, 0.5) is 0 Å². The van der Waals surface area contributed by atoms with Gasteiger partial charge in [-0.3, -0.25) is 0 Å². The number of rotatable bonds is 2. The van der Waals surface area contributed by atoms with E-state index in [1.54, 1.807) is 0 Å². The lowest BCUT2D eigenvalue weighted by atomic mass is 9.63. The molecule has 0 amide bonds. The fourth-order valence-corrected chi connectivity index (χ4v) is 1.89. The van der Waals surface area contributed by atoms with Gasteiger partial charge in [0.05, 0.1) is 0 Å². The Morgan fingerprint density at radius 1 is 1.44 bits per heavy atom. The van der Waals surface area contributed by atoms with Crippen LogP contribution in [0.5, 0.6) is 0 Å². The molecule has 0 unspecified atom stereocenters. The second-order valence-electron chi connectivity index (χ2n) is 3.95. The average Bonchev–Trinajstić information content (AvgIpc) is 1.62. The molecule has 0 aromatic carbocycles. The van der Waals surface area contributed by atoms with Gasteiger partial charge < -0.3 is 5.11 Å². The average molecular weight is 128 g/mol. The van der Waals surface area contributed by atoms with E-state index in [0.29, 0.717) is 12.0 Å². The van der Waals surface area contributed by atoms with Crippen LogP contribution in [0, 0.1) is 11.3 Å². The Labute approximate surface area is 57.1 Å². The second kappa shape index (κ2) is 2.30. The predicted octanol–water partition coefficient (Wildman–Crippen LogP) is 1.80. The van der Waals surface area contributed by atoms with Crippen molar-refractivity contribution in [3.05, 3.63) is 0 Å². The van der Waals surface area contributed by atoms with Gasteiger partial charge in [0, 0.05) is 6.61 Å². The smallest absolute Gasteiger partial charge is 0.0433 e. The summed E-state index contributed by atoms with van der Waals surface area (Å²) in [5.41, 5.74) is 0.583. The van der Waals surface area contributed by atoms with E-state index in [9.17, 15) is 0 Å². The summed E-state index contributed by atoms with van der Waals surface area (Å²) in [5, 5.41) is 8.57. The standard InChI is InChI=1S/C8H16O/c1-8(2)5-7(6-8)3-4-9/h7,9H,3-6H2,1-2H3. The van der Waals surface area contributed by atoms with Crippen LogP contribution in [0.25, 0.3) is 0 Å². The van der Waals surface area contributed by atoms with Crippen molar-refractivity contribution >= 4 is 0 Å².